The minimum Gasteiger partial charge on any atom is -0.408 e. The van der Waals surface area contributed by atoms with Crippen molar-refractivity contribution in [1.29, 1.82) is 0 Å². The number of rotatable bonds is 2. The second-order valence-corrected chi connectivity index (χ2v) is 5.89. The summed E-state index contributed by atoms with van der Waals surface area (Å²) in [6.45, 7) is 2.15. The number of aromatic nitrogens is 1. The third kappa shape index (κ3) is 2.21. The molecule has 1 saturated carbocycles. The third-order valence-electron chi connectivity index (χ3n) is 4.42. The molecule has 19 heavy (non-hydrogen) atoms. The minimum atomic E-state index is -0.502. The predicted octanol–water partition coefficient (Wildman–Crippen LogP) is 3.12. The SMILES string of the molecule is CC1(C(O)c2ccc3[nH]c(=O)oc3c2)CCCCC1. The third-order valence-corrected chi connectivity index (χ3v) is 4.42. The number of aromatic amines is 1. The molecule has 2 N–H and O–H groups in total. The first-order valence-electron chi connectivity index (χ1n) is 6.89. The van der Waals surface area contributed by atoms with Crippen LogP contribution < -0.4 is 5.76 Å². The van der Waals surface area contributed by atoms with Gasteiger partial charge in [-0.3, -0.25) is 4.98 Å². The molecule has 0 saturated heterocycles. The molecule has 1 fully saturated rings. The van der Waals surface area contributed by atoms with Gasteiger partial charge in [-0.05, 0) is 36.0 Å². The van der Waals surface area contributed by atoms with Crippen LogP contribution in [0.1, 0.15) is 50.7 Å². The maximum absolute atomic E-state index is 11.2. The molecule has 0 bridgehead atoms. The van der Waals surface area contributed by atoms with Gasteiger partial charge in [-0.1, -0.05) is 32.3 Å². The van der Waals surface area contributed by atoms with Crippen molar-refractivity contribution >= 4 is 11.1 Å². The molecule has 2 aromatic rings. The molecule has 0 radical (unpaired) electrons. The molecular weight excluding hydrogens is 242 g/mol. The first-order chi connectivity index (χ1) is 9.08. The van der Waals surface area contributed by atoms with Gasteiger partial charge in [0, 0.05) is 0 Å². The molecule has 102 valence electrons. The van der Waals surface area contributed by atoms with Gasteiger partial charge in [0.25, 0.3) is 0 Å². The average molecular weight is 261 g/mol. The number of benzene rings is 1. The second kappa shape index (κ2) is 4.53. The number of aliphatic hydroxyl groups is 1. The number of fused-ring (bicyclic) bond motifs is 1. The Kier molecular flexibility index (Phi) is 2.97. The highest BCUT2D eigenvalue weighted by molar-refractivity contribution is 5.72. The summed E-state index contributed by atoms with van der Waals surface area (Å²) in [5.74, 6) is -0.453. The van der Waals surface area contributed by atoms with Crippen LogP contribution in [0.25, 0.3) is 11.1 Å². The van der Waals surface area contributed by atoms with Crippen LogP contribution >= 0.6 is 0 Å². The number of hydrogen-bond acceptors (Lipinski definition) is 3. The Bertz CT molecular complexity index is 634. The monoisotopic (exact) mass is 261 g/mol. The molecule has 1 aromatic heterocycles. The van der Waals surface area contributed by atoms with Crippen LogP contribution in [0.5, 0.6) is 0 Å². The Hall–Kier alpha value is -1.55. The van der Waals surface area contributed by atoms with Gasteiger partial charge in [0.05, 0.1) is 11.6 Å². The largest absolute Gasteiger partial charge is 0.417 e. The fourth-order valence-corrected chi connectivity index (χ4v) is 3.17. The molecule has 1 aliphatic rings. The van der Waals surface area contributed by atoms with E-state index in [2.05, 4.69) is 11.9 Å². The molecule has 0 amide bonds. The Morgan fingerprint density at radius 3 is 2.79 bits per heavy atom. The maximum Gasteiger partial charge on any atom is 0.417 e. The van der Waals surface area contributed by atoms with Gasteiger partial charge in [-0.25, -0.2) is 4.79 Å². The van der Waals surface area contributed by atoms with Gasteiger partial charge in [0.1, 0.15) is 0 Å². The predicted molar refractivity (Wildman–Crippen MR) is 73.0 cm³/mol. The topological polar surface area (TPSA) is 66.2 Å². The van der Waals surface area contributed by atoms with E-state index in [4.69, 9.17) is 4.42 Å². The lowest BCUT2D eigenvalue weighted by Gasteiger charge is -2.38. The lowest BCUT2D eigenvalue weighted by Crippen LogP contribution is -2.28. The Morgan fingerprint density at radius 2 is 2.05 bits per heavy atom. The van der Waals surface area contributed by atoms with Gasteiger partial charge in [0.15, 0.2) is 5.58 Å². The number of nitrogens with one attached hydrogen (secondary N) is 1. The summed E-state index contributed by atoms with van der Waals surface area (Å²) < 4.78 is 5.06. The smallest absolute Gasteiger partial charge is 0.408 e. The highest BCUT2D eigenvalue weighted by Gasteiger charge is 2.35. The zero-order valence-corrected chi connectivity index (χ0v) is 11.1. The van der Waals surface area contributed by atoms with Gasteiger partial charge in [-0.2, -0.15) is 0 Å². The van der Waals surface area contributed by atoms with E-state index in [9.17, 15) is 9.90 Å². The van der Waals surface area contributed by atoms with Gasteiger partial charge in [-0.15, -0.1) is 0 Å². The quantitative estimate of drug-likeness (QED) is 0.872. The van der Waals surface area contributed by atoms with Gasteiger partial charge < -0.3 is 9.52 Å². The summed E-state index contributed by atoms with van der Waals surface area (Å²) >= 11 is 0. The summed E-state index contributed by atoms with van der Waals surface area (Å²) in [4.78, 5) is 13.8. The lowest BCUT2D eigenvalue weighted by molar-refractivity contribution is 0.00823. The summed E-state index contributed by atoms with van der Waals surface area (Å²) in [5.41, 5.74) is 1.96. The van der Waals surface area contributed by atoms with E-state index >= 15 is 0 Å². The lowest BCUT2D eigenvalue weighted by atomic mass is 9.70. The van der Waals surface area contributed by atoms with Crippen LogP contribution in [0.15, 0.2) is 27.4 Å². The van der Waals surface area contributed by atoms with Crippen molar-refractivity contribution in [3.8, 4) is 0 Å². The van der Waals surface area contributed by atoms with Crippen molar-refractivity contribution in [2.24, 2.45) is 5.41 Å². The van der Waals surface area contributed by atoms with Gasteiger partial charge in [0.2, 0.25) is 0 Å². The van der Waals surface area contributed by atoms with Crippen molar-refractivity contribution in [2.45, 2.75) is 45.1 Å². The molecule has 1 unspecified atom stereocenters. The Labute approximate surface area is 111 Å². The molecular formula is C15H19NO3. The van der Waals surface area contributed by atoms with E-state index in [0.29, 0.717) is 11.1 Å². The van der Waals surface area contributed by atoms with Crippen molar-refractivity contribution in [3.05, 3.63) is 34.3 Å². The standard InChI is InChI=1S/C15H19NO3/c1-15(7-3-2-4-8-15)13(17)10-5-6-11-12(9-10)19-14(18)16-11/h5-6,9,13,17H,2-4,7-8H2,1H3,(H,16,18). The fraction of sp³-hybridized carbons (Fsp3) is 0.533. The molecule has 0 spiro atoms. The van der Waals surface area contributed by atoms with E-state index in [1.807, 2.05) is 6.07 Å². The summed E-state index contributed by atoms with van der Waals surface area (Å²) in [6, 6.07) is 5.45. The molecule has 4 nitrogen and oxygen atoms in total. The van der Waals surface area contributed by atoms with E-state index in [1.165, 1.54) is 19.3 Å². The summed E-state index contributed by atoms with van der Waals surface area (Å²) in [5, 5.41) is 10.6. The fourth-order valence-electron chi connectivity index (χ4n) is 3.17. The van der Waals surface area contributed by atoms with Crippen LogP contribution in [-0.4, -0.2) is 10.1 Å². The first-order valence-corrected chi connectivity index (χ1v) is 6.89. The summed E-state index contributed by atoms with van der Waals surface area (Å²) in [6.07, 6.45) is 5.20. The van der Waals surface area contributed by atoms with E-state index in [1.54, 1.807) is 12.1 Å². The highest BCUT2D eigenvalue weighted by Crippen LogP contribution is 2.45. The molecule has 1 aliphatic carbocycles. The Morgan fingerprint density at radius 1 is 1.32 bits per heavy atom. The maximum atomic E-state index is 11.2. The van der Waals surface area contributed by atoms with Crippen molar-refractivity contribution in [3.63, 3.8) is 0 Å². The normalized spacial score (nSPS) is 20.5. The zero-order valence-electron chi connectivity index (χ0n) is 11.1. The molecule has 1 aromatic carbocycles. The number of H-pyrrole nitrogens is 1. The van der Waals surface area contributed by atoms with Crippen LogP contribution in [0.4, 0.5) is 0 Å². The van der Waals surface area contributed by atoms with E-state index in [-0.39, 0.29) is 5.41 Å². The number of hydrogen-bond donors (Lipinski definition) is 2. The number of aliphatic hydroxyl groups excluding tert-OH is 1. The average Bonchev–Trinajstić information content (AvgIpc) is 2.77. The van der Waals surface area contributed by atoms with Crippen LogP contribution in [0.3, 0.4) is 0 Å². The molecule has 3 rings (SSSR count). The molecule has 0 aliphatic heterocycles. The van der Waals surface area contributed by atoms with Crippen LogP contribution in [0, 0.1) is 5.41 Å². The molecule has 4 heteroatoms. The molecule has 1 heterocycles. The highest BCUT2D eigenvalue weighted by atomic mass is 16.4. The van der Waals surface area contributed by atoms with Crippen molar-refractivity contribution in [2.75, 3.05) is 0 Å². The van der Waals surface area contributed by atoms with Crippen molar-refractivity contribution < 1.29 is 9.52 Å². The van der Waals surface area contributed by atoms with Crippen LogP contribution in [0.2, 0.25) is 0 Å². The van der Waals surface area contributed by atoms with Crippen LogP contribution in [-0.2, 0) is 0 Å². The Balaban J connectivity index is 1.96. The summed E-state index contributed by atoms with van der Waals surface area (Å²) in [7, 11) is 0. The first kappa shape index (κ1) is 12.5. The van der Waals surface area contributed by atoms with E-state index < -0.39 is 11.9 Å². The zero-order chi connectivity index (χ0) is 13.5. The van der Waals surface area contributed by atoms with Gasteiger partial charge >= 0.3 is 5.76 Å². The van der Waals surface area contributed by atoms with Crippen molar-refractivity contribution in [1.82, 2.24) is 4.98 Å². The van der Waals surface area contributed by atoms with E-state index in [0.717, 1.165) is 18.4 Å². The second-order valence-electron chi connectivity index (χ2n) is 5.89. The molecule has 1 atom stereocenters. The minimum absolute atomic E-state index is 0.0669. The number of oxazole rings is 1.